The van der Waals surface area contributed by atoms with Crippen LogP contribution in [0.5, 0.6) is 0 Å². The summed E-state index contributed by atoms with van der Waals surface area (Å²) in [6, 6.07) is 0. The van der Waals surface area contributed by atoms with Gasteiger partial charge in [0.05, 0.1) is 0 Å². The minimum atomic E-state index is 0.337. The lowest BCUT2D eigenvalue weighted by Crippen LogP contribution is -2.38. The standard InChI is InChI=1S/C16H30N2O/c1-15(19)6-2-3-9-17-12-7-16(8-13-17)14-18-10-4-5-11-18/h16H,2-14H2,1H3. The average molecular weight is 266 g/mol. The van der Waals surface area contributed by atoms with Crippen molar-refractivity contribution in [1.29, 1.82) is 0 Å². The molecule has 2 aliphatic rings. The van der Waals surface area contributed by atoms with Crippen LogP contribution in [0.4, 0.5) is 0 Å². The first kappa shape index (κ1) is 15.0. The summed E-state index contributed by atoms with van der Waals surface area (Å²) in [6.45, 7) is 9.47. The molecule has 0 spiro atoms. The Morgan fingerprint density at radius 3 is 2.32 bits per heavy atom. The largest absolute Gasteiger partial charge is 0.303 e. The number of unbranched alkanes of at least 4 members (excludes halogenated alkanes) is 1. The predicted octanol–water partition coefficient (Wildman–Crippen LogP) is 2.55. The van der Waals surface area contributed by atoms with Gasteiger partial charge in [-0.15, -0.1) is 0 Å². The summed E-state index contributed by atoms with van der Waals surface area (Å²) in [7, 11) is 0. The van der Waals surface area contributed by atoms with E-state index in [0.717, 1.165) is 18.8 Å². The van der Waals surface area contributed by atoms with E-state index in [1.165, 1.54) is 71.4 Å². The van der Waals surface area contributed by atoms with Crippen LogP contribution < -0.4 is 0 Å². The summed E-state index contributed by atoms with van der Waals surface area (Å²) in [5, 5.41) is 0. The molecule has 0 bridgehead atoms. The second-order valence-electron chi connectivity index (χ2n) is 6.45. The summed E-state index contributed by atoms with van der Waals surface area (Å²) in [5.74, 6) is 1.27. The van der Waals surface area contributed by atoms with Crippen molar-refractivity contribution in [2.45, 2.75) is 51.9 Å². The molecule has 110 valence electrons. The van der Waals surface area contributed by atoms with Crippen molar-refractivity contribution in [2.24, 2.45) is 5.92 Å². The van der Waals surface area contributed by atoms with E-state index < -0.39 is 0 Å². The van der Waals surface area contributed by atoms with Crippen LogP contribution >= 0.6 is 0 Å². The van der Waals surface area contributed by atoms with Gasteiger partial charge < -0.3 is 14.6 Å². The molecule has 2 saturated heterocycles. The predicted molar refractivity (Wildman–Crippen MR) is 79.4 cm³/mol. The van der Waals surface area contributed by atoms with Gasteiger partial charge in [0, 0.05) is 13.0 Å². The van der Waals surface area contributed by atoms with Crippen molar-refractivity contribution in [3.63, 3.8) is 0 Å². The SMILES string of the molecule is CC(=O)CCCCN1CCC(CN2CCCC2)CC1. The van der Waals surface area contributed by atoms with Crippen LogP contribution in [-0.4, -0.2) is 54.9 Å². The van der Waals surface area contributed by atoms with Gasteiger partial charge in [-0.25, -0.2) is 0 Å². The van der Waals surface area contributed by atoms with Crippen LogP contribution in [0.25, 0.3) is 0 Å². The zero-order valence-electron chi connectivity index (χ0n) is 12.6. The van der Waals surface area contributed by atoms with Crippen LogP contribution in [0.1, 0.15) is 51.9 Å². The fourth-order valence-electron chi connectivity index (χ4n) is 3.43. The number of carbonyl (C=O) groups excluding carboxylic acids is 1. The molecule has 3 heteroatoms. The lowest BCUT2D eigenvalue weighted by atomic mass is 9.96. The van der Waals surface area contributed by atoms with E-state index in [9.17, 15) is 4.79 Å². The summed E-state index contributed by atoms with van der Waals surface area (Å²) in [4.78, 5) is 16.1. The van der Waals surface area contributed by atoms with Crippen LogP contribution in [0, 0.1) is 5.92 Å². The van der Waals surface area contributed by atoms with Gasteiger partial charge in [0.2, 0.25) is 0 Å². The van der Waals surface area contributed by atoms with E-state index in [1.807, 2.05) is 0 Å². The van der Waals surface area contributed by atoms with Gasteiger partial charge in [0.1, 0.15) is 5.78 Å². The molecule has 3 nitrogen and oxygen atoms in total. The van der Waals surface area contributed by atoms with Gasteiger partial charge in [-0.2, -0.15) is 0 Å². The highest BCUT2D eigenvalue weighted by atomic mass is 16.1. The maximum Gasteiger partial charge on any atom is 0.129 e. The Morgan fingerprint density at radius 1 is 1.00 bits per heavy atom. The lowest BCUT2D eigenvalue weighted by molar-refractivity contribution is -0.117. The molecule has 0 atom stereocenters. The highest BCUT2D eigenvalue weighted by Gasteiger charge is 2.22. The van der Waals surface area contributed by atoms with E-state index in [2.05, 4.69) is 9.80 Å². The van der Waals surface area contributed by atoms with Crippen LogP contribution in [-0.2, 0) is 4.79 Å². The van der Waals surface area contributed by atoms with E-state index in [4.69, 9.17) is 0 Å². The fourth-order valence-corrected chi connectivity index (χ4v) is 3.43. The third kappa shape index (κ3) is 5.62. The number of likely N-dealkylation sites (tertiary alicyclic amines) is 2. The van der Waals surface area contributed by atoms with Crippen molar-refractivity contribution in [3.05, 3.63) is 0 Å². The number of hydrogen-bond acceptors (Lipinski definition) is 3. The normalized spacial score (nSPS) is 23.0. The summed E-state index contributed by atoms with van der Waals surface area (Å²) in [5.41, 5.74) is 0. The number of ketones is 1. The molecule has 2 rings (SSSR count). The first-order chi connectivity index (χ1) is 9.24. The quantitative estimate of drug-likeness (QED) is 0.662. The fraction of sp³-hybridized carbons (Fsp3) is 0.938. The zero-order chi connectivity index (χ0) is 13.5. The molecule has 2 fully saturated rings. The monoisotopic (exact) mass is 266 g/mol. The average Bonchev–Trinajstić information content (AvgIpc) is 2.89. The topological polar surface area (TPSA) is 23.6 Å². The van der Waals surface area contributed by atoms with Crippen LogP contribution in [0.15, 0.2) is 0 Å². The third-order valence-corrected chi connectivity index (χ3v) is 4.68. The number of piperidine rings is 1. The van der Waals surface area contributed by atoms with Gasteiger partial charge in [-0.05, 0) is 84.1 Å². The van der Waals surface area contributed by atoms with E-state index in [1.54, 1.807) is 6.92 Å². The number of carbonyl (C=O) groups is 1. The smallest absolute Gasteiger partial charge is 0.129 e. The molecule has 0 radical (unpaired) electrons. The molecule has 19 heavy (non-hydrogen) atoms. The Bertz CT molecular complexity index is 266. The molecule has 0 N–H and O–H groups in total. The molecule has 2 heterocycles. The van der Waals surface area contributed by atoms with Crippen molar-refractivity contribution in [1.82, 2.24) is 9.80 Å². The Balaban J connectivity index is 1.53. The first-order valence-corrected chi connectivity index (χ1v) is 8.18. The minimum Gasteiger partial charge on any atom is -0.303 e. The maximum atomic E-state index is 10.9. The first-order valence-electron chi connectivity index (χ1n) is 8.18. The van der Waals surface area contributed by atoms with Gasteiger partial charge in [-0.3, -0.25) is 0 Å². The highest BCUT2D eigenvalue weighted by molar-refractivity contribution is 5.75. The van der Waals surface area contributed by atoms with Gasteiger partial charge in [0.15, 0.2) is 0 Å². The molecule has 0 aromatic carbocycles. The van der Waals surface area contributed by atoms with Gasteiger partial charge >= 0.3 is 0 Å². The molecule has 0 aromatic heterocycles. The van der Waals surface area contributed by atoms with Crippen LogP contribution in [0.2, 0.25) is 0 Å². The molecular formula is C16H30N2O. The summed E-state index contributed by atoms with van der Waals surface area (Å²) in [6.07, 6.45) is 8.61. The molecular weight excluding hydrogens is 236 g/mol. The van der Waals surface area contributed by atoms with Gasteiger partial charge in [0.25, 0.3) is 0 Å². The number of rotatable bonds is 7. The number of Topliss-reactive ketones (excluding diaryl/α,β-unsaturated/α-hetero) is 1. The maximum absolute atomic E-state index is 10.9. The van der Waals surface area contributed by atoms with E-state index in [-0.39, 0.29) is 0 Å². The zero-order valence-corrected chi connectivity index (χ0v) is 12.6. The summed E-state index contributed by atoms with van der Waals surface area (Å²) >= 11 is 0. The molecule has 0 aromatic rings. The lowest BCUT2D eigenvalue weighted by Gasteiger charge is -2.33. The van der Waals surface area contributed by atoms with Crippen molar-refractivity contribution in [2.75, 3.05) is 39.3 Å². The Hall–Kier alpha value is -0.410. The number of nitrogens with zero attached hydrogens (tertiary/aromatic N) is 2. The second kappa shape index (κ2) is 8.01. The molecule has 0 aliphatic carbocycles. The molecule has 0 amide bonds. The van der Waals surface area contributed by atoms with Crippen molar-refractivity contribution >= 4 is 5.78 Å². The van der Waals surface area contributed by atoms with Crippen molar-refractivity contribution in [3.8, 4) is 0 Å². The van der Waals surface area contributed by atoms with E-state index in [0.29, 0.717) is 5.78 Å². The number of hydrogen-bond donors (Lipinski definition) is 0. The van der Waals surface area contributed by atoms with Crippen LogP contribution in [0.3, 0.4) is 0 Å². The Labute approximate surface area is 118 Å². The van der Waals surface area contributed by atoms with Gasteiger partial charge in [-0.1, -0.05) is 0 Å². The third-order valence-electron chi connectivity index (χ3n) is 4.68. The molecule has 0 saturated carbocycles. The Kier molecular flexibility index (Phi) is 6.32. The Morgan fingerprint density at radius 2 is 1.68 bits per heavy atom. The highest BCUT2D eigenvalue weighted by Crippen LogP contribution is 2.20. The van der Waals surface area contributed by atoms with E-state index >= 15 is 0 Å². The minimum absolute atomic E-state index is 0.337. The molecule has 0 unspecified atom stereocenters. The molecule has 2 aliphatic heterocycles. The van der Waals surface area contributed by atoms with Crippen molar-refractivity contribution < 1.29 is 4.79 Å². The summed E-state index contributed by atoms with van der Waals surface area (Å²) < 4.78 is 0. The second-order valence-corrected chi connectivity index (χ2v) is 6.45.